The molecule has 0 aromatic heterocycles. The zero-order valence-corrected chi connectivity index (χ0v) is 16.3. The van der Waals surface area contributed by atoms with Crippen LogP contribution in [0, 0.1) is 11.2 Å². The van der Waals surface area contributed by atoms with Crippen LogP contribution in [0.3, 0.4) is 0 Å². The van der Waals surface area contributed by atoms with Gasteiger partial charge in [-0.1, -0.05) is 36.4 Å². The molecule has 1 N–H and O–H groups in total. The van der Waals surface area contributed by atoms with Crippen molar-refractivity contribution in [1.29, 1.82) is 0 Å². The van der Waals surface area contributed by atoms with E-state index in [0.717, 1.165) is 32.4 Å². The number of amides is 1. The highest BCUT2D eigenvalue weighted by Crippen LogP contribution is 2.40. The maximum atomic E-state index is 14.3. The molecule has 0 bridgehead atoms. The van der Waals surface area contributed by atoms with E-state index in [2.05, 4.69) is 4.90 Å². The molecule has 2 heterocycles. The lowest BCUT2D eigenvalue weighted by molar-refractivity contribution is -0.0286. The third-order valence-electron chi connectivity index (χ3n) is 6.23. The number of carbonyl (C=O) groups excluding carboxylic acids is 1. The molecular weight excluding hydrogens is 355 g/mol. The molecule has 2 aromatic carbocycles. The highest BCUT2D eigenvalue weighted by molar-refractivity contribution is 6.01. The van der Waals surface area contributed by atoms with Crippen LogP contribution in [0.1, 0.15) is 29.6 Å². The monoisotopic (exact) mass is 382 g/mol. The number of nitrogens with zero attached hydrogens (tertiary/aromatic N) is 2. The average molecular weight is 382 g/mol. The number of piperidine rings is 2. The lowest BCUT2D eigenvalue weighted by atomic mass is 9.71. The number of carbonyl (C=O) groups is 1. The summed E-state index contributed by atoms with van der Waals surface area (Å²) in [6, 6.07) is 13.8. The predicted molar refractivity (Wildman–Crippen MR) is 108 cm³/mol. The molecule has 5 heteroatoms. The number of aliphatic hydroxyl groups is 1. The highest BCUT2D eigenvalue weighted by Gasteiger charge is 2.41. The van der Waals surface area contributed by atoms with E-state index in [1.807, 2.05) is 30.1 Å². The average Bonchev–Trinajstić information content (AvgIpc) is 2.67. The van der Waals surface area contributed by atoms with Crippen molar-refractivity contribution in [2.75, 3.05) is 33.2 Å². The third kappa shape index (κ3) is 3.69. The van der Waals surface area contributed by atoms with Gasteiger partial charge in [0, 0.05) is 37.3 Å². The third-order valence-corrected chi connectivity index (χ3v) is 6.23. The van der Waals surface area contributed by atoms with Gasteiger partial charge in [0.1, 0.15) is 5.82 Å². The summed E-state index contributed by atoms with van der Waals surface area (Å²) >= 11 is 0. The first-order chi connectivity index (χ1) is 13.5. The summed E-state index contributed by atoms with van der Waals surface area (Å²) in [5, 5.41) is 10.2. The van der Waals surface area contributed by atoms with E-state index < -0.39 is 0 Å². The number of rotatable bonds is 2. The molecule has 1 unspecified atom stereocenters. The van der Waals surface area contributed by atoms with Crippen molar-refractivity contribution in [2.24, 2.45) is 5.41 Å². The van der Waals surface area contributed by atoms with E-state index in [1.54, 1.807) is 24.3 Å². The molecule has 2 aromatic rings. The lowest BCUT2D eigenvalue weighted by Crippen LogP contribution is -2.53. The number of hydrogen-bond donors (Lipinski definition) is 1. The second-order valence-electron chi connectivity index (χ2n) is 8.37. The molecule has 1 atom stereocenters. The lowest BCUT2D eigenvalue weighted by Gasteiger charge is -2.48. The van der Waals surface area contributed by atoms with Crippen LogP contribution in [-0.4, -0.2) is 60.1 Å². The fourth-order valence-corrected chi connectivity index (χ4v) is 4.93. The van der Waals surface area contributed by atoms with Gasteiger partial charge in [0.2, 0.25) is 0 Å². The quantitative estimate of drug-likeness (QED) is 0.866. The molecule has 28 heavy (non-hydrogen) atoms. The highest BCUT2D eigenvalue weighted by atomic mass is 19.1. The molecule has 0 radical (unpaired) electrons. The molecular formula is C23H27FN2O2. The van der Waals surface area contributed by atoms with Crippen LogP contribution in [0.4, 0.5) is 4.39 Å². The number of benzene rings is 2. The molecule has 0 aliphatic carbocycles. The predicted octanol–water partition coefficient (Wildman–Crippen LogP) is 3.41. The Morgan fingerprint density at radius 1 is 1.07 bits per heavy atom. The van der Waals surface area contributed by atoms with Gasteiger partial charge in [0.25, 0.3) is 5.91 Å². The summed E-state index contributed by atoms with van der Waals surface area (Å²) in [4.78, 5) is 17.3. The molecule has 2 aliphatic heterocycles. The fourth-order valence-electron chi connectivity index (χ4n) is 4.93. The van der Waals surface area contributed by atoms with Crippen LogP contribution in [0.2, 0.25) is 0 Å². The van der Waals surface area contributed by atoms with Crippen molar-refractivity contribution in [3.63, 3.8) is 0 Å². The van der Waals surface area contributed by atoms with Gasteiger partial charge in [-0.05, 0) is 49.4 Å². The van der Waals surface area contributed by atoms with Crippen molar-refractivity contribution < 1.29 is 14.3 Å². The Labute approximate surface area is 165 Å². The van der Waals surface area contributed by atoms with Crippen molar-refractivity contribution in [3.05, 3.63) is 59.9 Å². The Balaban J connectivity index is 1.53. The molecule has 4 nitrogen and oxygen atoms in total. The topological polar surface area (TPSA) is 43.8 Å². The van der Waals surface area contributed by atoms with E-state index >= 15 is 0 Å². The molecule has 0 saturated carbocycles. The van der Waals surface area contributed by atoms with Gasteiger partial charge in [0.15, 0.2) is 0 Å². The molecule has 148 valence electrons. The maximum absolute atomic E-state index is 14.3. The van der Waals surface area contributed by atoms with Crippen LogP contribution < -0.4 is 0 Å². The van der Waals surface area contributed by atoms with Crippen LogP contribution in [0.15, 0.2) is 48.5 Å². The summed E-state index contributed by atoms with van der Waals surface area (Å²) in [5.41, 5.74) is 1.73. The van der Waals surface area contributed by atoms with E-state index in [9.17, 15) is 14.3 Å². The van der Waals surface area contributed by atoms with Gasteiger partial charge in [0.05, 0.1) is 6.10 Å². The molecule has 1 spiro atoms. The number of hydrogen-bond acceptors (Lipinski definition) is 3. The van der Waals surface area contributed by atoms with E-state index in [0.29, 0.717) is 29.8 Å². The van der Waals surface area contributed by atoms with Crippen LogP contribution in [0.25, 0.3) is 11.1 Å². The van der Waals surface area contributed by atoms with Crippen LogP contribution in [0.5, 0.6) is 0 Å². The summed E-state index contributed by atoms with van der Waals surface area (Å²) < 4.78 is 14.3. The minimum Gasteiger partial charge on any atom is -0.392 e. The largest absolute Gasteiger partial charge is 0.392 e. The number of aliphatic hydroxyl groups excluding tert-OH is 1. The molecule has 2 saturated heterocycles. The zero-order chi connectivity index (χ0) is 19.7. The van der Waals surface area contributed by atoms with Crippen molar-refractivity contribution >= 4 is 5.91 Å². The Morgan fingerprint density at radius 3 is 2.39 bits per heavy atom. The van der Waals surface area contributed by atoms with E-state index in [4.69, 9.17) is 0 Å². The van der Waals surface area contributed by atoms with E-state index in [-0.39, 0.29) is 23.2 Å². The van der Waals surface area contributed by atoms with Crippen molar-refractivity contribution in [2.45, 2.75) is 25.4 Å². The van der Waals surface area contributed by atoms with E-state index in [1.165, 1.54) is 6.07 Å². The SMILES string of the molecule is CN1CC(O)CC2(CCN(C(=O)c3ccccc3-c3ccccc3F)CC2)C1. The number of β-amino-alcohol motifs (C(OH)–C–C–N with tert-alkyl or cyclic N) is 1. The Hall–Kier alpha value is -2.24. The van der Waals surface area contributed by atoms with Crippen molar-refractivity contribution in [1.82, 2.24) is 9.80 Å². The van der Waals surface area contributed by atoms with Gasteiger partial charge in [-0.2, -0.15) is 0 Å². The standard InChI is InChI=1S/C23H27FN2O2/c1-25-15-17(27)14-23(16-25)10-12-26(13-11-23)22(28)20-8-3-2-6-18(20)19-7-4-5-9-21(19)24/h2-9,17,27H,10-16H2,1H3. The van der Waals surface area contributed by atoms with Crippen LogP contribution >= 0.6 is 0 Å². The molecule has 1 amide bonds. The smallest absolute Gasteiger partial charge is 0.254 e. The zero-order valence-electron chi connectivity index (χ0n) is 16.3. The molecule has 4 rings (SSSR count). The molecule has 2 fully saturated rings. The first kappa shape index (κ1) is 19.1. The minimum absolute atomic E-state index is 0.0431. The fraction of sp³-hybridized carbons (Fsp3) is 0.435. The van der Waals surface area contributed by atoms with Crippen LogP contribution in [-0.2, 0) is 0 Å². The Kier molecular flexibility index (Phi) is 5.21. The summed E-state index contributed by atoms with van der Waals surface area (Å²) in [6.07, 6.45) is 2.30. The first-order valence-electron chi connectivity index (χ1n) is 9.97. The number of likely N-dealkylation sites (tertiary alicyclic amines) is 2. The van der Waals surface area contributed by atoms with Gasteiger partial charge in [-0.3, -0.25) is 4.79 Å². The normalized spacial score (nSPS) is 22.4. The van der Waals surface area contributed by atoms with Gasteiger partial charge >= 0.3 is 0 Å². The minimum atomic E-state index is -0.320. The molecule has 2 aliphatic rings. The summed E-state index contributed by atoms with van der Waals surface area (Å²) in [6.45, 7) is 3.04. The van der Waals surface area contributed by atoms with Gasteiger partial charge in [-0.25, -0.2) is 4.39 Å². The van der Waals surface area contributed by atoms with Gasteiger partial charge in [-0.15, -0.1) is 0 Å². The van der Waals surface area contributed by atoms with Gasteiger partial charge < -0.3 is 14.9 Å². The second kappa shape index (κ2) is 7.64. The number of halogens is 1. The maximum Gasteiger partial charge on any atom is 0.254 e. The summed E-state index contributed by atoms with van der Waals surface area (Å²) in [7, 11) is 2.05. The Morgan fingerprint density at radius 2 is 1.71 bits per heavy atom. The second-order valence-corrected chi connectivity index (χ2v) is 8.37. The first-order valence-corrected chi connectivity index (χ1v) is 9.97. The number of likely N-dealkylation sites (N-methyl/N-ethyl adjacent to an activating group) is 1. The summed E-state index contributed by atoms with van der Waals surface area (Å²) in [5.74, 6) is -0.363. The Bertz CT molecular complexity index is 849. The van der Waals surface area contributed by atoms with Crippen molar-refractivity contribution in [3.8, 4) is 11.1 Å².